The highest BCUT2D eigenvalue weighted by Crippen LogP contribution is 2.34. The summed E-state index contributed by atoms with van der Waals surface area (Å²) in [6, 6.07) is 0. The maximum atomic E-state index is 2.56. The highest BCUT2D eigenvalue weighted by Gasteiger charge is 2.32. The lowest BCUT2D eigenvalue weighted by Crippen LogP contribution is -2.48. The van der Waals surface area contributed by atoms with Crippen LogP contribution in [0.2, 0.25) is 0 Å². The third-order valence-electron chi connectivity index (χ3n) is 4.32. The Kier molecular flexibility index (Phi) is 5.72. The van der Waals surface area contributed by atoms with E-state index in [9.17, 15) is 0 Å². The Hall–Kier alpha value is -0.0400. The third kappa shape index (κ3) is 5.90. The predicted molar refractivity (Wildman–Crippen MR) is 79.5 cm³/mol. The van der Waals surface area contributed by atoms with Gasteiger partial charge in [-0.15, -0.1) is 0 Å². The number of nitrogens with zero attached hydrogens (tertiary/aromatic N) is 1. The second-order valence-electron chi connectivity index (χ2n) is 7.92. The minimum atomic E-state index is 0.282. The zero-order valence-corrected chi connectivity index (χ0v) is 13.8. The van der Waals surface area contributed by atoms with Crippen LogP contribution < -0.4 is 0 Å². The SMILES string of the molecule is CCC(C)(CC)CN(C)C(C)(C)CC(C)(C)C. The van der Waals surface area contributed by atoms with Crippen molar-refractivity contribution in [2.45, 2.75) is 80.2 Å². The molecule has 0 atom stereocenters. The molecular formula is C16H35N. The molecule has 0 heterocycles. The van der Waals surface area contributed by atoms with Gasteiger partial charge in [0, 0.05) is 12.1 Å². The maximum Gasteiger partial charge on any atom is 0.0155 e. The zero-order valence-electron chi connectivity index (χ0n) is 13.8. The van der Waals surface area contributed by atoms with Crippen LogP contribution in [0.5, 0.6) is 0 Å². The molecule has 0 unspecified atom stereocenters. The minimum absolute atomic E-state index is 0.282. The van der Waals surface area contributed by atoms with Gasteiger partial charge in [0.25, 0.3) is 0 Å². The summed E-state index contributed by atoms with van der Waals surface area (Å²) >= 11 is 0. The van der Waals surface area contributed by atoms with E-state index >= 15 is 0 Å². The normalized spacial score (nSPS) is 14.5. The Morgan fingerprint density at radius 2 is 1.24 bits per heavy atom. The van der Waals surface area contributed by atoms with E-state index in [1.165, 1.54) is 25.8 Å². The average molecular weight is 241 g/mol. The van der Waals surface area contributed by atoms with E-state index in [4.69, 9.17) is 0 Å². The summed E-state index contributed by atoms with van der Waals surface area (Å²) in [6.07, 6.45) is 3.76. The van der Waals surface area contributed by atoms with Crippen molar-refractivity contribution in [1.29, 1.82) is 0 Å². The van der Waals surface area contributed by atoms with Gasteiger partial charge in [0.15, 0.2) is 0 Å². The zero-order chi connectivity index (χ0) is 13.9. The van der Waals surface area contributed by atoms with Crippen molar-refractivity contribution in [3.8, 4) is 0 Å². The first-order valence-corrected chi connectivity index (χ1v) is 7.17. The summed E-state index contributed by atoms with van der Waals surface area (Å²) in [6.45, 7) is 20.0. The Labute approximate surface area is 110 Å². The van der Waals surface area contributed by atoms with E-state index in [0.29, 0.717) is 10.8 Å². The van der Waals surface area contributed by atoms with Crippen LogP contribution >= 0.6 is 0 Å². The van der Waals surface area contributed by atoms with Crippen molar-refractivity contribution in [1.82, 2.24) is 4.90 Å². The molecule has 0 spiro atoms. The standard InChI is InChI=1S/C16H35N/c1-10-16(8,11-2)13-17(9)15(6,7)12-14(3,4)5/h10-13H2,1-9H3. The minimum Gasteiger partial charge on any atom is -0.301 e. The first-order chi connectivity index (χ1) is 7.46. The Bertz CT molecular complexity index is 218. The smallest absolute Gasteiger partial charge is 0.0155 e. The molecule has 0 aromatic carbocycles. The predicted octanol–water partition coefficient (Wildman–Crippen LogP) is 4.96. The van der Waals surface area contributed by atoms with Crippen LogP contribution in [0.15, 0.2) is 0 Å². The van der Waals surface area contributed by atoms with E-state index in [2.05, 4.69) is 67.3 Å². The van der Waals surface area contributed by atoms with E-state index in [-0.39, 0.29) is 5.54 Å². The van der Waals surface area contributed by atoms with Crippen molar-refractivity contribution < 1.29 is 0 Å². The highest BCUT2D eigenvalue weighted by atomic mass is 15.2. The molecule has 0 aliphatic rings. The van der Waals surface area contributed by atoms with E-state index in [1.54, 1.807) is 0 Å². The molecule has 0 aliphatic heterocycles. The quantitative estimate of drug-likeness (QED) is 0.635. The van der Waals surface area contributed by atoms with Gasteiger partial charge in [-0.1, -0.05) is 41.5 Å². The Morgan fingerprint density at radius 1 is 0.824 bits per heavy atom. The molecule has 0 N–H and O–H groups in total. The monoisotopic (exact) mass is 241 g/mol. The summed E-state index contributed by atoms with van der Waals surface area (Å²) in [5.41, 5.74) is 1.14. The maximum absolute atomic E-state index is 2.56. The molecule has 0 saturated carbocycles. The number of hydrogen-bond donors (Lipinski definition) is 0. The Morgan fingerprint density at radius 3 is 1.53 bits per heavy atom. The van der Waals surface area contributed by atoms with Gasteiger partial charge >= 0.3 is 0 Å². The molecule has 1 heteroatoms. The second kappa shape index (κ2) is 5.73. The van der Waals surface area contributed by atoms with Gasteiger partial charge < -0.3 is 4.90 Å². The van der Waals surface area contributed by atoms with E-state index in [1.807, 2.05) is 0 Å². The molecule has 0 aromatic rings. The van der Waals surface area contributed by atoms with Crippen LogP contribution in [0.25, 0.3) is 0 Å². The lowest BCUT2D eigenvalue weighted by atomic mass is 9.78. The largest absolute Gasteiger partial charge is 0.301 e. The first kappa shape index (κ1) is 17.0. The van der Waals surface area contributed by atoms with Crippen LogP contribution in [-0.4, -0.2) is 24.0 Å². The van der Waals surface area contributed by atoms with Crippen molar-refractivity contribution in [2.75, 3.05) is 13.6 Å². The lowest BCUT2D eigenvalue weighted by Gasteiger charge is -2.44. The van der Waals surface area contributed by atoms with Gasteiger partial charge in [-0.2, -0.15) is 0 Å². The van der Waals surface area contributed by atoms with Crippen LogP contribution in [0.1, 0.15) is 74.7 Å². The van der Waals surface area contributed by atoms with Gasteiger partial charge in [0.1, 0.15) is 0 Å². The molecule has 17 heavy (non-hydrogen) atoms. The number of rotatable bonds is 6. The van der Waals surface area contributed by atoms with Crippen LogP contribution in [0.3, 0.4) is 0 Å². The fraction of sp³-hybridized carbons (Fsp3) is 1.00. The topological polar surface area (TPSA) is 3.24 Å². The van der Waals surface area contributed by atoms with Gasteiger partial charge in [0.05, 0.1) is 0 Å². The van der Waals surface area contributed by atoms with Gasteiger partial charge in [-0.05, 0) is 51.0 Å². The summed E-state index contributed by atoms with van der Waals surface area (Å²) in [4.78, 5) is 2.56. The summed E-state index contributed by atoms with van der Waals surface area (Å²) in [5, 5.41) is 0. The molecule has 0 aromatic heterocycles. The summed E-state index contributed by atoms with van der Waals surface area (Å²) in [7, 11) is 2.29. The molecule has 0 bridgehead atoms. The lowest BCUT2D eigenvalue weighted by molar-refractivity contribution is 0.0578. The van der Waals surface area contributed by atoms with E-state index in [0.717, 1.165) is 0 Å². The molecule has 0 amide bonds. The summed E-state index contributed by atoms with van der Waals surface area (Å²) < 4.78 is 0. The van der Waals surface area contributed by atoms with Crippen LogP contribution in [0.4, 0.5) is 0 Å². The molecule has 0 rings (SSSR count). The van der Waals surface area contributed by atoms with Crippen molar-refractivity contribution in [3.05, 3.63) is 0 Å². The molecule has 0 fully saturated rings. The van der Waals surface area contributed by atoms with Crippen LogP contribution in [0, 0.1) is 10.8 Å². The molecular weight excluding hydrogens is 206 g/mol. The molecule has 104 valence electrons. The van der Waals surface area contributed by atoms with Gasteiger partial charge in [0.2, 0.25) is 0 Å². The van der Waals surface area contributed by atoms with Gasteiger partial charge in [-0.25, -0.2) is 0 Å². The van der Waals surface area contributed by atoms with Gasteiger partial charge in [-0.3, -0.25) is 0 Å². The highest BCUT2D eigenvalue weighted by molar-refractivity contribution is 4.87. The fourth-order valence-corrected chi connectivity index (χ4v) is 2.69. The Balaban J connectivity index is 4.63. The number of hydrogen-bond acceptors (Lipinski definition) is 1. The molecule has 1 nitrogen and oxygen atoms in total. The van der Waals surface area contributed by atoms with Crippen molar-refractivity contribution >= 4 is 0 Å². The fourth-order valence-electron chi connectivity index (χ4n) is 2.69. The first-order valence-electron chi connectivity index (χ1n) is 7.17. The van der Waals surface area contributed by atoms with E-state index < -0.39 is 0 Å². The van der Waals surface area contributed by atoms with Crippen molar-refractivity contribution in [2.24, 2.45) is 10.8 Å². The molecule has 0 aliphatic carbocycles. The van der Waals surface area contributed by atoms with Crippen molar-refractivity contribution in [3.63, 3.8) is 0 Å². The third-order valence-corrected chi connectivity index (χ3v) is 4.32. The molecule has 0 saturated heterocycles. The second-order valence-corrected chi connectivity index (χ2v) is 7.92. The van der Waals surface area contributed by atoms with Crippen LogP contribution in [-0.2, 0) is 0 Å². The molecule has 0 radical (unpaired) electrons. The average Bonchev–Trinajstić information content (AvgIpc) is 2.13. The summed E-state index contributed by atoms with van der Waals surface area (Å²) in [5.74, 6) is 0.